The van der Waals surface area contributed by atoms with E-state index in [0.29, 0.717) is 18.1 Å². The number of rotatable bonds is 4. The fourth-order valence-corrected chi connectivity index (χ4v) is 1.26. The first kappa shape index (κ1) is 7.52. The lowest BCUT2D eigenvalue weighted by atomic mass is 9.81. The molecule has 1 saturated carbocycles. The molecule has 1 nitrogen and oxygen atoms in total. The van der Waals surface area contributed by atoms with Gasteiger partial charge in [0.15, 0.2) is 0 Å². The smallest absolute Gasteiger partial charge is 0.136 e. The maximum absolute atomic E-state index is 11.0. The van der Waals surface area contributed by atoms with Gasteiger partial charge in [-0.25, -0.2) is 0 Å². The maximum atomic E-state index is 11.0. The highest BCUT2D eigenvalue weighted by Gasteiger charge is 2.19. The summed E-state index contributed by atoms with van der Waals surface area (Å²) in [4.78, 5) is 11.0. The van der Waals surface area contributed by atoms with Crippen LogP contribution in [0.5, 0.6) is 0 Å². The van der Waals surface area contributed by atoms with E-state index in [1.807, 2.05) is 0 Å². The van der Waals surface area contributed by atoms with Crippen molar-refractivity contribution in [3.8, 4) is 0 Å². The molecule has 0 heterocycles. The molecule has 10 heavy (non-hydrogen) atoms. The van der Waals surface area contributed by atoms with Gasteiger partial charge < -0.3 is 0 Å². The molecule has 0 bridgehead atoms. The van der Waals surface area contributed by atoms with Crippen LogP contribution < -0.4 is 0 Å². The molecule has 0 aromatic carbocycles. The second-order valence-electron chi connectivity index (χ2n) is 3.03. The Morgan fingerprint density at radius 1 is 1.60 bits per heavy atom. The van der Waals surface area contributed by atoms with E-state index in [1.165, 1.54) is 19.3 Å². The van der Waals surface area contributed by atoms with Gasteiger partial charge in [0.05, 0.1) is 0 Å². The first-order chi connectivity index (χ1) is 4.83. The van der Waals surface area contributed by atoms with E-state index in [1.54, 1.807) is 6.08 Å². The molecule has 0 radical (unpaired) electrons. The second kappa shape index (κ2) is 3.55. The zero-order valence-corrected chi connectivity index (χ0v) is 6.31. The summed E-state index contributed by atoms with van der Waals surface area (Å²) in [7, 11) is 0. The lowest BCUT2D eigenvalue weighted by Crippen LogP contribution is -2.15. The number of hydrogen-bond acceptors (Lipinski definition) is 1. The van der Waals surface area contributed by atoms with Crippen LogP contribution in [0.4, 0.5) is 0 Å². The Hall–Kier alpha value is -0.590. The highest BCUT2D eigenvalue weighted by Crippen LogP contribution is 2.29. The van der Waals surface area contributed by atoms with Crippen molar-refractivity contribution in [2.45, 2.75) is 32.1 Å². The minimum absolute atomic E-state index is 0.361. The van der Waals surface area contributed by atoms with Crippen molar-refractivity contribution in [2.75, 3.05) is 0 Å². The van der Waals surface area contributed by atoms with Gasteiger partial charge in [-0.1, -0.05) is 25.3 Å². The fraction of sp³-hybridized carbons (Fsp3) is 0.667. The summed E-state index contributed by atoms with van der Waals surface area (Å²) in [5.74, 6) is 1.08. The van der Waals surface area contributed by atoms with Crippen LogP contribution in [0.1, 0.15) is 32.1 Å². The van der Waals surface area contributed by atoms with E-state index in [-0.39, 0.29) is 0 Å². The Balaban J connectivity index is 2.10. The summed E-state index contributed by atoms with van der Waals surface area (Å²) >= 11 is 0. The van der Waals surface area contributed by atoms with E-state index < -0.39 is 0 Å². The summed E-state index contributed by atoms with van der Waals surface area (Å²) < 4.78 is 0. The third-order valence-corrected chi connectivity index (χ3v) is 2.11. The van der Waals surface area contributed by atoms with Gasteiger partial charge in [0, 0.05) is 12.8 Å². The minimum Gasteiger partial charge on any atom is -0.299 e. The van der Waals surface area contributed by atoms with Crippen LogP contribution in [-0.4, -0.2) is 5.78 Å². The average Bonchev–Trinajstić information content (AvgIpc) is 1.80. The molecule has 0 saturated heterocycles. The Morgan fingerprint density at radius 3 is 2.70 bits per heavy atom. The molecule has 0 spiro atoms. The third-order valence-electron chi connectivity index (χ3n) is 2.11. The Kier molecular flexibility index (Phi) is 2.67. The predicted molar refractivity (Wildman–Crippen MR) is 41.8 cm³/mol. The van der Waals surface area contributed by atoms with Crippen LogP contribution in [0.3, 0.4) is 0 Å². The van der Waals surface area contributed by atoms with Crippen molar-refractivity contribution in [1.29, 1.82) is 0 Å². The number of carbonyl (C=O) groups excluding carboxylic acids is 1. The van der Waals surface area contributed by atoms with Gasteiger partial charge in [0.2, 0.25) is 0 Å². The largest absolute Gasteiger partial charge is 0.299 e. The van der Waals surface area contributed by atoms with Gasteiger partial charge in [0.25, 0.3) is 0 Å². The zero-order chi connectivity index (χ0) is 7.40. The molecule has 1 aliphatic carbocycles. The molecule has 56 valence electrons. The highest BCUT2D eigenvalue weighted by molar-refractivity contribution is 5.80. The van der Waals surface area contributed by atoms with Crippen molar-refractivity contribution in [1.82, 2.24) is 0 Å². The lowest BCUT2D eigenvalue weighted by molar-refractivity contribution is -0.119. The fourth-order valence-electron chi connectivity index (χ4n) is 1.26. The van der Waals surface area contributed by atoms with Crippen molar-refractivity contribution in [3.63, 3.8) is 0 Å². The Labute approximate surface area is 62.1 Å². The Bertz CT molecular complexity index is 134. The average molecular weight is 138 g/mol. The normalized spacial score (nSPS) is 18.0. The second-order valence-corrected chi connectivity index (χ2v) is 3.03. The van der Waals surface area contributed by atoms with Crippen LogP contribution in [0.15, 0.2) is 12.7 Å². The Morgan fingerprint density at radius 2 is 2.30 bits per heavy atom. The van der Waals surface area contributed by atoms with E-state index in [4.69, 9.17) is 0 Å². The quantitative estimate of drug-likeness (QED) is 0.545. The van der Waals surface area contributed by atoms with Crippen molar-refractivity contribution >= 4 is 5.78 Å². The summed E-state index contributed by atoms with van der Waals surface area (Å²) in [6.07, 6.45) is 6.92. The van der Waals surface area contributed by atoms with E-state index in [0.717, 1.165) is 6.42 Å². The van der Waals surface area contributed by atoms with E-state index >= 15 is 0 Å². The van der Waals surface area contributed by atoms with Crippen molar-refractivity contribution < 1.29 is 4.79 Å². The molecule has 0 atom stereocenters. The summed E-state index contributed by atoms with van der Waals surface area (Å²) in [6, 6.07) is 0. The summed E-state index contributed by atoms with van der Waals surface area (Å²) in [5.41, 5.74) is 0. The van der Waals surface area contributed by atoms with Crippen LogP contribution in [0, 0.1) is 5.92 Å². The highest BCUT2D eigenvalue weighted by atomic mass is 16.1. The topological polar surface area (TPSA) is 17.1 Å². The molecule has 1 aliphatic rings. The van der Waals surface area contributed by atoms with E-state index in [9.17, 15) is 4.79 Å². The van der Waals surface area contributed by atoms with Crippen LogP contribution in [0.25, 0.3) is 0 Å². The zero-order valence-electron chi connectivity index (χ0n) is 6.31. The van der Waals surface area contributed by atoms with Gasteiger partial charge in [-0.05, 0) is 5.92 Å². The van der Waals surface area contributed by atoms with Crippen molar-refractivity contribution in [2.24, 2.45) is 5.92 Å². The van der Waals surface area contributed by atoms with Crippen molar-refractivity contribution in [3.05, 3.63) is 12.7 Å². The molecule has 1 rings (SSSR count). The first-order valence-corrected chi connectivity index (χ1v) is 3.95. The molecular formula is C9H14O. The van der Waals surface area contributed by atoms with Crippen LogP contribution in [0.2, 0.25) is 0 Å². The van der Waals surface area contributed by atoms with Crippen LogP contribution in [-0.2, 0) is 4.79 Å². The summed E-state index contributed by atoms with van der Waals surface area (Å²) in [5, 5.41) is 0. The first-order valence-electron chi connectivity index (χ1n) is 3.95. The molecule has 0 unspecified atom stereocenters. The summed E-state index contributed by atoms with van der Waals surface area (Å²) in [6.45, 7) is 3.53. The van der Waals surface area contributed by atoms with Gasteiger partial charge in [-0.15, -0.1) is 6.58 Å². The standard InChI is InChI=1S/C9H14O/c1-2-4-9(10)7-8-5-3-6-8/h2,8H,1,3-7H2. The number of hydrogen-bond donors (Lipinski definition) is 0. The minimum atomic E-state index is 0.361. The number of Topliss-reactive ketones (excluding diaryl/α,β-unsaturated/α-hetero) is 1. The number of carbonyl (C=O) groups is 1. The van der Waals surface area contributed by atoms with Gasteiger partial charge >= 0.3 is 0 Å². The van der Waals surface area contributed by atoms with Crippen LogP contribution >= 0.6 is 0 Å². The molecule has 1 heteroatoms. The number of allylic oxidation sites excluding steroid dienone is 1. The molecule has 0 N–H and O–H groups in total. The SMILES string of the molecule is C=CCC(=O)CC1CCC1. The van der Waals surface area contributed by atoms with Gasteiger partial charge in [0.1, 0.15) is 5.78 Å². The molecule has 0 amide bonds. The lowest BCUT2D eigenvalue weighted by Gasteiger charge is -2.23. The molecule has 0 aliphatic heterocycles. The molecule has 0 aromatic heterocycles. The van der Waals surface area contributed by atoms with Gasteiger partial charge in [-0.3, -0.25) is 4.79 Å². The molecule has 0 aromatic rings. The number of ketones is 1. The molecule has 1 fully saturated rings. The molecular weight excluding hydrogens is 124 g/mol. The maximum Gasteiger partial charge on any atom is 0.136 e. The third kappa shape index (κ3) is 1.98. The van der Waals surface area contributed by atoms with Gasteiger partial charge in [-0.2, -0.15) is 0 Å². The van der Waals surface area contributed by atoms with E-state index in [2.05, 4.69) is 6.58 Å². The predicted octanol–water partition coefficient (Wildman–Crippen LogP) is 2.32. The monoisotopic (exact) mass is 138 g/mol.